The molecule has 0 bridgehead atoms. The van der Waals surface area contributed by atoms with E-state index in [-0.39, 0.29) is 43.7 Å². The number of thioether (sulfide) groups is 1. The van der Waals surface area contributed by atoms with Gasteiger partial charge in [0.1, 0.15) is 12.0 Å². The monoisotopic (exact) mass is 543 g/mol. The molecule has 1 saturated heterocycles. The zero-order valence-corrected chi connectivity index (χ0v) is 21.8. The van der Waals surface area contributed by atoms with Gasteiger partial charge in [0.05, 0.1) is 15.3 Å². The number of rotatable bonds is 6. The highest BCUT2D eigenvalue weighted by molar-refractivity contribution is 8.01. The van der Waals surface area contributed by atoms with Gasteiger partial charge in [-0.1, -0.05) is 46.9 Å². The average Bonchev–Trinajstić information content (AvgIpc) is 3.26. The molecule has 7 nitrogen and oxygen atoms in total. The number of benzene rings is 2. The molecule has 2 unspecified atom stereocenters. The van der Waals surface area contributed by atoms with E-state index in [1.54, 1.807) is 21.4 Å². The maximum Gasteiger partial charge on any atom is 0.255 e. The highest BCUT2D eigenvalue weighted by Crippen LogP contribution is 2.42. The Labute approximate surface area is 215 Å². The number of aromatic amines is 1. The maximum absolute atomic E-state index is 13.2. The number of hydrogen-bond donors (Lipinski definition) is 1. The van der Waals surface area contributed by atoms with E-state index < -0.39 is 0 Å². The van der Waals surface area contributed by atoms with Gasteiger partial charge in [0.15, 0.2) is 11.6 Å². The van der Waals surface area contributed by atoms with Crippen molar-refractivity contribution in [2.45, 2.75) is 24.2 Å². The van der Waals surface area contributed by atoms with Crippen molar-refractivity contribution in [2.24, 2.45) is 0 Å². The predicted molar refractivity (Wildman–Crippen MR) is 137 cm³/mol. The third-order valence-electron chi connectivity index (χ3n) is 5.06. The fourth-order valence-corrected chi connectivity index (χ4v) is 5.82. The van der Waals surface area contributed by atoms with E-state index in [1.165, 1.54) is 12.1 Å². The summed E-state index contributed by atoms with van der Waals surface area (Å²) in [6.07, 6.45) is 0. The summed E-state index contributed by atoms with van der Waals surface area (Å²) in [7, 11) is 3.96. The molecule has 0 saturated carbocycles. The predicted octanol–water partition coefficient (Wildman–Crippen LogP) is 5.84. The van der Waals surface area contributed by atoms with Crippen molar-refractivity contribution in [3.63, 3.8) is 0 Å². The highest BCUT2D eigenvalue weighted by Gasteiger charge is 2.41. The minimum Gasteiger partial charge on any atom is -0.482 e. The van der Waals surface area contributed by atoms with Crippen molar-refractivity contribution < 1.29 is 9.53 Å². The first-order valence-electron chi connectivity index (χ1n) is 9.87. The summed E-state index contributed by atoms with van der Waals surface area (Å²) in [4.78, 5) is 15.2. The van der Waals surface area contributed by atoms with E-state index in [0.717, 1.165) is 11.3 Å². The van der Waals surface area contributed by atoms with Gasteiger partial charge < -0.3 is 9.64 Å². The molecule has 0 spiro atoms. The van der Waals surface area contributed by atoms with Crippen LogP contribution >= 0.6 is 58.8 Å². The lowest BCUT2D eigenvalue weighted by molar-refractivity contribution is -0.119. The quantitative estimate of drug-likeness (QED) is 0.393. The van der Waals surface area contributed by atoms with Gasteiger partial charge >= 0.3 is 0 Å². The number of amides is 1. The van der Waals surface area contributed by atoms with Crippen molar-refractivity contribution in [3.8, 4) is 5.75 Å². The Balaban J connectivity index is 1.67. The minimum absolute atomic E-state index is 0.0245. The van der Waals surface area contributed by atoms with E-state index in [9.17, 15) is 4.79 Å². The molecule has 33 heavy (non-hydrogen) atoms. The zero-order valence-electron chi connectivity index (χ0n) is 17.9. The fraction of sp³-hybridized carbons (Fsp3) is 0.286. The second-order valence-corrected chi connectivity index (χ2v) is 10.6. The first-order valence-corrected chi connectivity index (χ1v) is 12.4. The van der Waals surface area contributed by atoms with Crippen LogP contribution in [0.15, 0.2) is 36.4 Å². The third kappa shape index (κ3) is 4.83. The van der Waals surface area contributed by atoms with E-state index in [2.05, 4.69) is 10.2 Å². The summed E-state index contributed by atoms with van der Waals surface area (Å²) in [6, 6.07) is 11.1. The maximum atomic E-state index is 13.2. The fourth-order valence-electron chi connectivity index (χ4n) is 3.41. The molecule has 12 heteroatoms. The lowest BCUT2D eigenvalue weighted by atomic mass is 10.2. The van der Waals surface area contributed by atoms with E-state index in [1.807, 2.05) is 50.2 Å². The number of ether oxygens (including phenoxy) is 1. The lowest BCUT2D eigenvalue weighted by Crippen LogP contribution is -2.41. The topological polar surface area (TPSA) is 66.4 Å². The molecule has 1 aromatic heterocycles. The van der Waals surface area contributed by atoms with Gasteiger partial charge in [0.25, 0.3) is 5.91 Å². The molecule has 4 rings (SSSR count). The third-order valence-corrected chi connectivity index (χ3v) is 7.45. The Kier molecular flexibility index (Phi) is 7.16. The summed E-state index contributed by atoms with van der Waals surface area (Å²) < 4.78 is 7.70. The Hall–Kier alpha value is -1.91. The standard InChI is InChI=1S/C21H20Cl3N5O2S2/c1-11-19(30)29(20(33-11)12-4-6-14(7-5-12)27(2)3)28-17(25-26-21(28)32)10-31-18-15(23)8-13(22)9-16(18)24/h4-9,11,20H,10H2,1-3H3,(H,26,32). The van der Waals surface area contributed by atoms with Crippen LogP contribution in [0, 0.1) is 4.77 Å². The molecule has 1 N–H and O–H groups in total. The molecule has 174 valence electrons. The minimum atomic E-state index is -0.283. The lowest BCUT2D eigenvalue weighted by Gasteiger charge is -2.26. The molecule has 0 aliphatic carbocycles. The first kappa shape index (κ1) is 24.2. The molecule has 1 amide bonds. The van der Waals surface area contributed by atoms with Gasteiger partial charge in [-0.3, -0.25) is 9.89 Å². The number of carbonyl (C=O) groups excluding carboxylic acids is 1. The van der Waals surface area contributed by atoms with Crippen LogP contribution in [0.5, 0.6) is 5.75 Å². The van der Waals surface area contributed by atoms with Crippen molar-refractivity contribution in [2.75, 3.05) is 24.0 Å². The van der Waals surface area contributed by atoms with E-state index in [4.69, 9.17) is 51.8 Å². The number of H-pyrrole nitrogens is 1. The van der Waals surface area contributed by atoms with Gasteiger partial charge in [-0.05, 0) is 49.0 Å². The number of halogens is 3. The van der Waals surface area contributed by atoms with E-state index in [0.29, 0.717) is 10.8 Å². The number of anilines is 1. The van der Waals surface area contributed by atoms with Crippen LogP contribution in [0.3, 0.4) is 0 Å². The Morgan fingerprint density at radius 3 is 2.42 bits per heavy atom. The van der Waals surface area contributed by atoms with Crippen LogP contribution < -0.4 is 14.6 Å². The summed E-state index contributed by atoms with van der Waals surface area (Å²) in [5.41, 5.74) is 2.04. The highest BCUT2D eigenvalue weighted by atomic mass is 35.5. The Morgan fingerprint density at radius 2 is 1.82 bits per heavy atom. The number of hydrogen-bond acceptors (Lipinski definition) is 6. The number of nitrogens with zero attached hydrogens (tertiary/aromatic N) is 4. The summed E-state index contributed by atoms with van der Waals surface area (Å²) in [6.45, 7) is 1.85. The number of aromatic nitrogens is 3. The molecule has 2 atom stereocenters. The van der Waals surface area contributed by atoms with Gasteiger partial charge in [0.2, 0.25) is 4.77 Å². The Morgan fingerprint density at radius 1 is 1.18 bits per heavy atom. The van der Waals surface area contributed by atoms with Gasteiger partial charge in [-0.2, -0.15) is 5.10 Å². The van der Waals surface area contributed by atoms with Crippen molar-refractivity contribution >= 4 is 70.4 Å². The summed E-state index contributed by atoms with van der Waals surface area (Å²) >= 11 is 25.5. The van der Waals surface area contributed by atoms with E-state index >= 15 is 0 Å². The molecule has 1 fully saturated rings. The van der Waals surface area contributed by atoms with Gasteiger partial charge in [-0.15, -0.1) is 11.8 Å². The van der Waals surface area contributed by atoms with Crippen molar-refractivity contribution in [1.29, 1.82) is 0 Å². The molecular weight excluding hydrogens is 525 g/mol. The number of nitrogens with one attached hydrogen (secondary N) is 1. The summed E-state index contributed by atoms with van der Waals surface area (Å²) in [5.74, 6) is 0.595. The van der Waals surface area contributed by atoms with Gasteiger partial charge in [0, 0.05) is 24.8 Å². The normalized spacial score (nSPS) is 18.1. The average molecular weight is 545 g/mol. The second-order valence-electron chi connectivity index (χ2n) is 7.54. The van der Waals surface area contributed by atoms with Crippen LogP contribution in [0.1, 0.15) is 23.7 Å². The summed E-state index contributed by atoms with van der Waals surface area (Å²) in [5, 5.41) is 9.06. The molecule has 1 aliphatic heterocycles. The smallest absolute Gasteiger partial charge is 0.255 e. The second kappa shape index (κ2) is 9.76. The van der Waals surface area contributed by atoms with Crippen LogP contribution in [-0.4, -0.2) is 40.1 Å². The largest absolute Gasteiger partial charge is 0.482 e. The van der Waals surface area contributed by atoms with Crippen LogP contribution in [0.25, 0.3) is 0 Å². The molecule has 2 aromatic carbocycles. The molecule has 0 radical (unpaired) electrons. The van der Waals surface area contributed by atoms with Crippen molar-refractivity contribution in [1.82, 2.24) is 14.9 Å². The molecule has 1 aliphatic rings. The first-order chi connectivity index (χ1) is 15.7. The Bertz CT molecular complexity index is 1220. The molecule has 3 aromatic rings. The molecule has 2 heterocycles. The zero-order chi connectivity index (χ0) is 23.9. The van der Waals surface area contributed by atoms with Gasteiger partial charge in [-0.25, -0.2) is 9.69 Å². The van der Waals surface area contributed by atoms with Crippen molar-refractivity contribution in [3.05, 3.63) is 67.6 Å². The number of carbonyl (C=O) groups is 1. The molecular formula is C21H20Cl3N5O2S2. The SMILES string of the molecule is CC1SC(c2ccc(N(C)C)cc2)N(n2c(COc3c(Cl)cc(Cl)cc3Cl)n[nH]c2=S)C1=O. The van der Waals surface area contributed by atoms with Crippen LogP contribution in [-0.2, 0) is 11.4 Å². The van der Waals surface area contributed by atoms with Crippen LogP contribution in [0.4, 0.5) is 5.69 Å². The van der Waals surface area contributed by atoms with Crippen LogP contribution in [0.2, 0.25) is 15.1 Å².